The predicted octanol–water partition coefficient (Wildman–Crippen LogP) is 0.482. The van der Waals surface area contributed by atoms with Gasteiger partial charge in [0.2, 0.25) is 0 Å². The molecule has 0 bridgehead atoms. The number of hydrogen-bond acceptors (Lipinski definition) is 5. The fraction of sp³-hybridized carbons (Fsp3) is 0.667. The molecule has 0 saturated carbocycles. The van der Waals surface area contributed by atoms with Gasteiger partial charge in [-0.15, -0.1) is 0 Å². The zero-order valence-corrected chi connectivity index (χ0v) is 10.4. The molecule has 0 radical (unpaired) electrons. The second-order valence-corrected chi connectivity index (χ2v) is 4.52. The van der Waals surface area contributed by atoms with Crippen molar-refractivity contribution in [2.24, 2.45) is 0 Å². The molecule has 94 valence electrons. The maximum Gasteiger partial charge on any atom is 0.133 e. The quantitative estimate of drug-likeness (QED) is 0.709. The average Bonchev–Trinajstić information content (AvgIpc) is 2.69. The number of nitrogens with zero attached hydrogens (tertiary/aromatic N) is 2. The number of hydrogen-bond donors (Lipinski definition) is 3. The van der Waals surface area contributed by atoms with Gasteiger partial charge in [0.05, 0.1) is 12.1 Å². The van der Waals surface area contributed by atoms with E-state index in [-0.39, 0.29) is 12.1 Å². The van der Waals surface area contributed by atoms with Crippen LogP contribution in [0.4, 0.5) is 5.82 Å². The fourth-order valence-electron chi connectivity index (χ4n) is 2.06. The molecule has 2 heterocycles. The Morgan fingerprint density at radius 3 is 3.00 bits per heavy atom. The summed E-state index contributed by atoms with van der Waals surface area (Å²) in [5.41, 5.74) is 1.12. The Balaban J connectivity index is 2.15. The molecule has 0 aromatic carbocycles. The van der Waals surface area contributed by atoms with Crippen LogP contribution in [0.25, 0.3) is 0 Å². The smallest absolute Gasteiger partial charge is 0.133 e. The van der Waals surface area contributed by atoms with Gasteiger partial charge in [0, 0.05) is 24.8 Å². The molecule has 5 nitrogen and oxygen atoms in total. The fourth-order valence-corrected chi connectivity index (χ4v) is 2.06. The van der Waals surface area contributed by atoms with E-state index in [2.05, 4.69) is 27.5 Å². The summed E-state index contributed by atoms with van der Waals surface area (Å²) in [7, 11) is 0. The van der Waals surface area contributed by atoms with Crippen LogP contribution >= 0.6 is 0 Å². The number of anilines is 1. The summed E-state index contributed by atoms with van der Waals surface area (Å²) in [4.78, 5) is 8.65. The van der Waals surface area contributed by atoms with Crippen molar-refractivity contribution in [3.05, 3.63) is 17.6 Å². The van der Waals surface area contributed by atoms with Crippen molar-refractivity contribution in [2.75, 3.05) is 18.4 Å². The van der Waals surface area contributed by atoms with Gasteiger partial charge in [-0.1, -0.05) is 13.3 Å². The highest BCUT2D eigenvalue weighted by atomic mass is 16.3. The van der Waals surface area contributed by atoms with E-state index in [1.807, 2.05) is 13.1 Å². The Morgan fingerprint density at radius 1 is 1.53 bits per heavy atom. The van der Waals surface area contributed by atoms with Crippen molar-refractivity contribution in [1.82, 2.24) is 15.3 Å². The van der Waals surface area contributed by atoms with Gasteiger partial charge in [0.15, 0.2) is 0 Å². The van der Waals surface area contributed by atoms with Crippen LogP contribution in [0, 0.1) is 6.92 Å². The van der Waals surface area contributed by atoms with Gasteiger partial charge in [0.1, 0.15) is 11.6 Å². The number of β-amino-alcohol motifs (C(OH)–C–C–N with tert-alkyl or cyclic N) is 1. The maximum atomic E-state index is 9.77. The SMILES string of the molecule is CCCc1cnc(C)nc1N[C@@H]1CNC[C@H]1O. The lowest BCUT2D eigenvalue weighted by Gasteiger charge is -2.18. The maximum absolute atomic E-state index is 9.77. The Hall–Kier alpha value is -1.20. The molecule has 3 N–H and O–H groups in total. The van der Waals surface area contributed by atoms with E-state index in [1.54, 1.807) is 0 Å². The number of rotatable bonds is 4. The van der Waals surface area contributed by atoms with Crippen LogP contribution in [-0.4, -0.2) is 40.3 Å². The van der Waals surface area contributed by atoms with Gasteiger partial charge in [-0.2, -0.15) is 0 Å². The van der Waals surface area contributed by atoms with Crippen molar-refractivity contribution in [3.63, 3.8) is 0 Å². The molecule has 1 aliphatic rings. The summed E-state index contributed by atoms with van der Waals surface area (Å²) in [5, 5.41) is 16.2. The van der Waals surface area contributed by atoms with E-state index in [4.69, 9.17) is 0 Å². The highest BCUT2D eigenvalue weighted by Crippen LogP contribution is 2.16. The van der Waals surface area contributed by atoms with Crippen LogP contribution in [0.1, 0.15) is 24.7 Å². The molecular formula is C12H20N4O. The van der Waals surface area contributed by atoms with Crippen molar-refractivity contribution in [1.29, 1.82) is 0 Å². The summed E-state index contributed by atoms with van der Waals surface area (Å²) in [6.07, 6.45) is 3.55. The topological polar surface area (TPSA) is 70.1 Å². The molecule has 2 atom stereocenters. The van der Waals surface area contributed by atoms with Gasteiger partial charge in [-0.25, -0.2) is 9.97 Å². The first-order valence-corrected chi connectivity index (χ1v) is 6.18. The molecule has 1 aliphatic heterocycles. The third-order valence-electron chi connectivity index (χ3n) is 3.01. The van der Waals surface area contributed by atoms with Crippen LogP contribution < -0.4 is 10.6 Å². The van der Waals surface area contributed by atoms with E-state index in [0.717, 1.165) is 36.6 Å². The molecule has 1 aromatic heterocycles. The van der Waals surface area contributed by atoms with E-state index in [9.17, 15) is 5.11 Å². The summed E-state index contributed by atoms with van der Waals surface area (Å²) in [5.74, 6) is 1.62. The zero-order valence-electron chi connectivity index (χ0n) is 10.4. The molecule has 1 saturated heterocycles. The van der Waals surface area contributed by atoms with Crippen molar-refractivity contribution in [3.8, 4) is 0 Å². The highest BCUT2D eigenvalue weighted by molar-refractivity contribution is 5.44. The lowest BCUT2D eigenvalue weighted by atomic mass is 10.1. The Morgan fingerprint density at radius 2 is 2.35 bits per heavy atom. The van der Waals surface area contributed by atoms with E-state index in [0.29, 0.717) is 6.54 Å². The van der Waals surface area contributed by atoms with Crippen molar-refractivity contribution in [2.45, 2.75) is 38.8 Å². The van der Waals surface area contributed by atoms with Gasteiger partial charge in [-0.05, 0) is 13.3 Å². The molecule has 1 fully saturated rings. The van der Waals surface area contributed by atoms with Crippen LogP contribution in [0.2, 0.25) is 0 Å². The second kappa shape index (κ2) is 5.42. The van der Waals surface area contributed by atoms with Gasteiger partial charge < -0.3 is 15.7 Å². The third kappa shape index (κ3) is 2.92. The van der Waals surface area contributed by atoms with Crippen LogP contribution in [0.3, 0.4) is 0 Å². The molecule has 17 heavy (non-hydrogen) atoms. The summed E-state index contributed by atoms with van der Waals surface area (Å²) in [6.45, 7) is 5.43. The minimum Gasteiger partial charge on any atom is -0.390 e. The average molecular weight is 236 g/mol. The number of nitrogens with one attached hydrogen (secondary N) is 2. The lowest BCUT2D eigenvalue weighted by molar-refractivity contribution is 0.185. The molecule has 0 unspecified atom stereocenters. The molecule has 2 rings (SSSR count). The zero-order chi connectivity index (χ0) is 12.3. The molecule has 1 aromatic rings. The van der Waals surface area contributed by atoms with Gasteiger partial charge in [-0.3, -0.25) is 0 Å². The summed E-state index contributed by atoms with van der Waals surface area (Å²) < 4.78 is 0. The minimum absolute atomic E-state index is 0.0416. The molecule has 5 heteroatoms. The van der Waals surface area contributed by atoms with E-state index < -0.39 is 0 Å². The third-order valence-corrected chi connectivity index (χ3v) is 3.01. The normalized spacial score (nSPS) is 23.9. The highest BCUT2D eigenvalue weighted by Gasteiger charge is 2.25. The van der Waals surface area contributed by atoms with Crippen LogP contribution in [0.5, 0.6) is 0 Å². The Bertz CT molecular complexity index is 383. The van der Waals surface area contributed by atoms with E-state index in [1.165, 1.54) is 0 Å². The van der Waals surface area contributed by atoms with Crippen LogP contribution in [0.15, 0.2) is 6.20 Å². The Labute approximate surface area is 102 Å². The number of aliphatic hydroxyl groups excluding tert-OH is 1. The molecular weight excluding hydrogens is 216 g/mol. The lowest BCUT2D eigenvalue weighted by Crippen LogP contribution is -2.32. The first-order chi connectivity index (χ1) is 8.20. The Kier molecular flexibility index (Phi) is 3.91. The van der Waals surface area contributed by atoms with E-state index >= 15 is 0 Å². The molecule has 0 aliphatic carbocycles. The summed E-state index contributed by atoms with van der Waals surface area (Å²) >= 11 is 0. The first-order valence-electron chi connectivity index (χ1n) is 6.18. The number of aliphatic hydroxyl groups is 1. The molecule has 0 spiro atoms. The minimum atomic E-state index is -0.347. The molecule has 0 amide bonds. The van der Waals surface area contributed by atoms with Crippen molar-refractivity contribution >= 4 is 5.82 Å². The predicted molar refractivity (Wildman–Crippen MR) is 67.1 cm³/mol. The summed E-state index contributed by atoms with van der Waals surface area (Å²) in [6, 6.07) is 0.0416. The largest absolute Gasteiger partial charge is 0.390 e. The van der Waals surface area contributed by atoms with Crippen LogP contribution in [-0.2, 0) is 6.42 Å². The number of aryl methyl sites for hydroxylation is 2. The van der Waals surface area contributed by atoms with Gasteiger partial charge >= 0.3 is 0 Å². The number of aromatic nitrogens is 2. The first kappa shape index (κ1) is 12.3. The van der Waals surface area contributed by atoms with Crippen molar-refractivity contribution < 1.29 is 5.11 Å². The second-order valence-electron chi connectivity index (χ2n) is 4.52. The standard InChI is InChI=1S/C12H20N4O/c1-3-4-9-5-14-8(2)15-12(9)16-10-6-13-7-11(10)17/h5,10-11,13,17H,3-4,6-7H2,1-2H3,(H,14,15,16)/t10-,11-/m1/s1. The van der Waals surface area contributed by atoms with Gasteiger partial charge in [0.25, 0.3) is 0 Å². The monoisotopic (exact) mass is 236 g/mol.